The third-order valence-electron chi connectivity index (χ3n) is 5.32. The molecule has 1 aliphatic rings. The lowest BCUT2D eigenvalue weighted by Crippen LogP contribution is -2.27. The molecule has 0 amide bonds. The molecule has 31 heavy (non-hydrogen) atoms. The summed E-state index contributed by atoms with van der Waals surface area (Å²) in [5, 5.41) is 4.58. The number of benzene rings is 3. The Kier molecular flexibility index (Phi) is 5.69. The van der Waals surface area contributed by atoms with Gasteiger partial charge in [-0.15, -0.1) is 0 Å². The molecule has 0 fully saturated rings. The van der Waals surface area contributed by atoms with Crippen LogP contribution in [0.1, 0.15) is 29.2 Å². The number of hydrogen-bond donors (Lipinski definition) is 0. The quantitative estimate of drug-likeness (QED) is 0.568. The maximum absolute atomic E-state index is 13.5. The highest BCUT2D eigenvalue weighted by molar-refractivity contribution is 7.89. The van der Waals surface area contributed by atoms with Gasteiger partial charge in [0.15, 0.2) is 0 Å². The van der Waals surface area contributed by atoms with Crippen LogP contribution in [0.4, 0.5) is 0 Å². The van der Waals surface area contributed by atoms with Gasteiger partial charge in [0.05, 0.1) is 30.9 Å². The molecule has 0 radical (unpaired) electrons. The number of aryl methyl sites for hydroxylation is 1. The van der Waals surface area contributed by atoms with Crippen molar-refractivity contribution in [1.29, 1.82) is 0 Å². The normalized spacial score (nSPS) is 16.2. The monoisotopic (exact) mass is 436 g/mol. The van der Waals surface area contributed by atoms with Crippen molar-refractivity contribution in [1.82, 2.24) is 4.41 Å². The zero-order valence-corrected chi connectivity index (χ0v) is 18.5. The standard InChI is InChI=1S/C24H24N2O4S/c1-17-10-12-22(13-11-17)31(27,28)26-24(19-7-5-9-21(15-19)30-3)16-23(25-26)18-6-4-8-20(14-18)29-2/h4-15,24H,16H2,1-3H3/t24-/m1/s1. The van der Waals surface area contributed by atoms with Gasteiger partial charge in [0.1, 0.15) is 11.5 Å². The largest absolute Gasteiger partial charge is 0.497 e. The molecule has 4 rings (SSSR count). The molecule has 0 bridgehead atoms. The summed E-state index contributed by atoms with van der Waals surface area (Å²) in [6.07, 6.45) is 0.436. The van der Waals surface area contributed by atoms with Gasteiger partial charge >= 0.3 is 0 Å². The average Bonchev–Trinajstić information content (AvgIpc) is 3.26. The van der Waals surface area contributed by atoms with E-state index in [1.807, 2.05) is 55.5 Å². The van der Waals surface area contributed by atoms with Gasteiger partial charge in [-0.25, -0.2) is 0 Å². The van der Waals surface area contributed by atoms with Crippen molar-refractivity contribution in [3.05, 3.63) is 89.5 Å². The molecule has 1 aliphatic heterocycles. The Morgan fingerprint density at radius 1 is 0.903 bits per heavy atom. The zero-order valence-electron chi connectivity index (χ0n) is 17.6. The van der Waals surface area contributed by atoms with E-state index in [1.165, 1.54) is 4.41 Å². The Hall–Kier alpha value is -3.32. The van der Waals surface area contributed by atoms with Crippen LogP contribution in [-0.2, 0) is 10.0 Å². The van der Waals surface area contributed by atoms with E-state index in [2.05, 4.69) is 5.10 Å². The molecule has 0 aromatic heterocycles. The number of nitrogens with zero attached hydrogens (tertiary/aromatic N) is 2. The summed E-state index contributed by atoms with van der Waals surface area (Å²) in [5.41, 5.74) is 3.32. The van der Waals surface area contributed by atoms with Gasteiger partial charge in [0.2, 0.25) is 0 Å². The lowest BCUT2D eigenvalue weighted by molar-refractivity contribution is 0.368. The molecule has 160 valence electrons. The van der Waals surface area contributed by atoms with Gasteiger partial charge < -0.3 is 9.47 Å². The zero-order chi connectivity index (χ0) is 22.0. The summed E-state index contributed by atoms with van der Waals surface area (Å²) in [5.74, 6) is 1.36. The number of sulfonamides is 1. The lowest BCUT2D eigenvalue weighted by Gasteiger charge is -2.23. The fourth-order valence-corrected chi connectivity index (χ4v) is 5.04. The first-order valence-corrected chi connectivity index (χ1v) is 11.3. The topological polar surface area (TPSA) is 68.2 Å². The molecule has 0 aliphatic carbocycles. The first-order valence-electron chi connectivity index (χ1n) is 9.89. The van der Waals surface area contributed by atoms with Crippen molar-refractivity contribution in [3.8, 4) is 11.5 Å². The summed E-state index contributed by atoms with van der Waals surface area (Å²) >= 11 is 0. The third kappa shape index (κ3) is 4.14. The molecule has 0 saturated carbocycles. The van der Waals surface area contributed by atoms with Crippen LogP contribution < -0.4 is 9.47 Å². The van der Waals surface area contributed by atoms with Crippen molar-refractivity contribution in [3.63, 3.8) is 0 Å². The Labute approximate surface area is 182 Å². The smallest absolute Gasteiger partial charge is 0.279 e. The van der Waals surface area contributed by atoms with Gasteiger partial charge in [-0.05, 0) is 48.9 Å². The van der Waals surface area contributed by atoms with Crippen LogP contribution in [0.25, 0.3) is 0 Å². The van der Waals surface area contributed by atoms with E-state index >= 15 is 0 Å². The van der Waals surface area contributed by atoms with Crippen LogP contribution in [-0.4, -0.2) is 32.8 Å². The molecule has 3 aromatic rings. The summed E-state index contributed by atoms with van der Waals surface area (Å²) in [6, 6.07) is 21.3. The van der Waals surface area contributed by atoms with Gasteiger partial charge in [-0.1, -0.05) is 42.0 Å². The van der Waals surface area contributed by atoms with Crippen LogP contribution in [0.2, 0.25) is 0 Å². The van der Waals surface area contributed by atoms with Crippen molar-refractivity contribution in [2.75, 3.05) is 14.2 Å². The molecular formula is C24H24N2O4S. The lowest BCUT2D eigenvalue weighted by atomic mass is 9.99. The second-order valence-corrected chi connectivity index (χ2v) is 9.16. The van der Waals surface area contributed by atoms with E-state index in [0.717, 1.165) is 16.7 Å². The van der Waals surface area contributed by atoms with E-state index < -0.39 is 16.1 Å². The van der Waals surface area contributed by atoms with E-state index in [-0.39, 0.29) is 4.90 Å². The van der Waals surface area contributed by atoms with Crippen LogP contribution in [0.5, 0.6) is 11.5 Å². The minimum atomic E-state index is -3.86. The van der Waals surface area contributed by atoms with Crippen molar-refractivity contribution in [2.45, 2.75) is 24.3 Å². The molecule has 6 nitrogen and oxygen atoms in total. The minimum absolute atomic E-state index is 0.210. The fraction of sp³-hybridized carbons (Fsp3) is 0.208. The SMILES string of the molecule is COc1cccc(C2=NN(S(=O)(=O)c3ccc(C)cc3)[C@@H](c3cccc(OC)c3)C2)c1. The number of methoxy groups -OCH3 is 2. The first-order chi connectivity index (χ1) is 14.9. The number of hydrazone groups is 1. The molecule has 1 heterocycles. The second kappa shape index (κ2) is 8.43. The fourth-order valence-electron chi connectivity index (χ4n) is 3.60. The molecule has 0 saturated heterocycles. The van der Waals surface area contributed by atoms with Crippen LogP contribution in [0.15, 0.2) is 82.8 Å². The number of ether oxygens (including phenoxy) is 2. The van der Waals surface area contributed by atoms with Crippen LogP contribution >= 0.6 is 0 Å². The molecule has 1 atom stereocenters. The highest BCUT2D eigenvalue weighted by atomic mass is 32.2. The molecule has 0 spiro atoms. The molecule has 0 N–H and O–H groups in total. The summed E-state index contributed by atoms with van der Waals surface area (Å²) < 4.78 is 39.0. The minimum Gasteiger partial charge on any atom is -0.497 e. The first kappa shape index (κ1) is 20.9. The van der Waals surface area contributed by atoms with Gasteiger partial charge in [-0.3, -0.25) is 0 Å². The Bertz CT molecular complexity index is 1220. The maximum Gasteiger partial charge on any atom is 0.279 e. The van der Waals surface area contributed by atoms with E-state index in [4.69, 9.17) is 9.47 Å². The predicted octanol–water partition coefficient (Wildman–Crippen LogP) is 4.55. The summed E-state index contributed by atoms with van der Waals surface area (Å²) in [7, 11) is -0.665. The van der Waals surface area contributed by atoms with Crippen LogP contribution in [0.3, 0.4) is 0 Å². The van der Waals surface area contributed by atoms with Crippen molar-refractivity contribution in [2.24, 2.45) is 5.10 Å². The van der Waals surface area contributed by atoms with Gasteiger partial charge in [-0.2, -0.15) is 17.9 Å². The summed E-state index contributed by atoms with van der Waals surface area (Å²) in [4.78, 5) is 0.210. The Morgan fingerprint density at radius 3 is 2.23 bits per heavy atom. The average molecular weight is 437 g/mol. The molecule has 7 heteroatoms. The highest BCUT2D eigenvalue weighted by Gasteiger charge is 2.38. The van der Waals surface area contributed by atoms with E-state index in [9.17, 15) is 8.42 Å². The van der Waals surface area contributed by atoms with Gasteiger partial charge in [0, 0.05) is 12.0 Å². The van der Waals surface area contributed by atoms with Gasteiger partial charge in [0.25, 0.3) is 10.0 Å². The Morgan fingerprint density at radius 2 is 1.55 bits per heavy atom. The molecule has 0 unspecified atom stereocenters. The van der Waals surface area contributed by atoms with E-state index in [0.29, 0.717) is 23.6 Å². The van der Waals surface area contributed by atoms with Crippen molar-refractivity contribution < 1.29 is 17.9 Å². The predicted molar refractivity (Wildman–Crippen MR) is 120 cm³/mol. The maximum atomic E-state index is 13.5. The molecular weight excluding hydrogens is 412 g/mol. The number of hydrogen-bond acceptors (Lipinski definition) is 5. The number of rotatable bonds is 6. The Balaban J connectivity index is 1.81. The van der Waals surface area contributed by atoms with Crippen molar-refractivity contribution >= 4 is 15.7 Å². The van der Waals surface area contributed by atoms with E-state index in [1.54, 1.807) is 38.5 Å². The summed E-state index contributed by atoms with van der Waals surface area (Å²) in [6.45, 7) is 1.92. The second-order valence-electron chi connectivity index (χ2n) is 7.37. The van der Waals surface area contributed by atoms with Crippen LogP contribution in [0, 0.1) is 6.92 Å². The highest BCUT2D eigenvalue weighted by Crippen LogP contribution is 2.38. The third-order valence-corrected chi connectivity index (χ3v) is 7.02. The molecule has 3 aromatic carbocycles.